The van der Waals surface area contributed by atoms with E-state index in [1.54, 1.807) is 0 Å². The van der Waals surface area contributed by atoms with Gasteiger partial charge >= 0.3 is 5.97 Å². The summed E-state index contributed by atoms with van der Waals surface area (Å²) < 4.78 is 0. The van der Waals surface area contributed by atoms with Crippen LogP contribution < -0.4 is 0 Å². The third kappa shape index (κ3) is 2.10. The maximum Gasteiger partial charge on any atom is 0.307 e. The minimum absolute atomic E-state index is 0.133. The SMILES string of the molecule is O=C(O)Cc1cccc(C2CSC2)c1. The Hall–Kier alpha value is -0.960. The van der Waals surface area contributed by atoms with Gasteiger partial charge in [0.05, 0.1) is 6.42 Å². The third-order valence-corrected chi connectivity index (χ3v) is 3.69. The maximum absolute atomic E-state index is 10.5. The predicted octanol–water partition coefficient (Wildman–Crippen LogP) is 2.14. The molecule has 1 N–H and O–H groups in total. The number of benzene rings is 1. The number of carbonyl (C=O) groups is 1. The molecule has 0 aromatic heterocycles. The quantitative estimate of drug-likeness (QED) is 0.827. The fourth-order valence-electron chi connectivity index (χ4n) is 1.56. The molecule has 0 unspecified atom stereocenters. The zero-order valence-corrected chi connectivity index (χ0v) is 8.59. The first-order valence-electron chi connectivity index (χ1n) is 4.64. The van der Waals surface area contributed by atoms with Crippen LogP contribution in [0.4, 0.5) is 0 Å². The standard InChI is InChI=1S/C11H12O2S/c12-11(13)5-8-2-1-3-9(4-8)10-6-14-7-10/h1-4,10H,5-7H2,(H,12,13). The van der Waals surface area contributed by atoms with Gasteiger partial charge in [0.15, 0.2) is 0 Å². The van der Waals surface area contributed by atoms with Crippen molar-refractivity contribution < 1.29 is 9.90 Å². The predicted molar refractivity (Wildman–Crippen MR) is 57.8 cm³/mol. The number of carboxylic acid groups (broad SMARTS) is 1. The first kappa shape index (κ1) is 9.59. The van der Waals surface area contributed by atoms with Gasteiger partial charge in [0.2, 0.25) is 0 Å². The minimum atomic E-state index is -0.759. The topological polar surface area (TPSA) is 37.3 Å². The second kappa shape index (κ2) is 4.05. The lowest BCUT2D eigenvalue weighted by molar-refractivity contribution is -0.136. The maximum atomic E-state index is 10.5. The van der Waals surface area contributed by atoms with Crippen molar-refractivity contribution in [3.8, 4) is 0 Å². The van der Waals surface area contributed by atoms with E-state index in [0.717, 1.165) is 5.56 Å². The molecule has 0 atom stereocenters. The summed E-state index contributed by atoms with van der Waals surface area (Å²) in [5, 5.41) is 8.66. The summed E-state index contributed by atoms with van der Waals surface area (Å²) in [4.78, 5) is 10.5. The van der Waals surface area contributed by atoms with Gasteiger partial charge in [-0.25, -0.2) is 0 Å². The van der Waals surface area contributed by atoms with Gasteiger partial charge in [0.1, 0.15) is 0 Å². The van der Waals surface area contributed by atoms with Crippen molar-refractivity contribution in [1.82, 2.24) is 0 Å². The van der Waals surface area contributed by atoms with E-state index >= 15 is 0 Å². The average Bonchev–Trinajstić information content (AvgIpc) is 1.99. The van der Waals surface area contributed by atoms with Gasteiger partial charge < -0.3 is 5.11 Å². The summed E-state index contributed by atoms with van der Waals surface area (Å²) in [5.41, 5.74) is 2.20. The summed E-state index contributed by atoms with van der Waals surface area (Å²) in [5.74, 6) is 2.24. The van der Waals surface area contributed by atoms with E-state index in [1.807, 2.05) is 30.0 Å². The molecule has 0 saturated carbocycles. The van der Waals surface area contributed by atoms with Crippen LogP contribution in [0.1, 0.15) is 17.0 Å². The number of hydrogen-bond donors (Lipinski definition) is 1. The lowest BCUT2D eigenvalue weighted by atomic mass is 9.99. The summed E-state index contributed by atoms with van der Waals surface area (Å²) in [6, 6.07) is 7.95. The molecule has 1 heterocycles. The molecule has 1 aromatic carbocycles. The van der Waals surface area contributed by atoms with E-state index in [1.165, 1.54) is 17.1 Å². The third-order valence-electron chi connectivity index (χ3n) is 2.42. The van der Waals surface area contributed by atoms with Crippen LogP contribution in [0, 0.1) is 0 Å². The van der Waals surface area contributed by atoms with Crippen LogP contribution in [0.3, 0.4) is 0 Å². The Bertz CT molecular complexity index is 345. The second-order valence-electron chi connectivity index (χ2n) is 3.55. The lowest BCUT2D eigenvalue weighted by Gasteiger charge is -2.25. The van der Waals surface area contributed by atoms with Crippen LogP contribution in [-0.4, -0.2) is 22.6 Å². The summed E-state index contributed by atoms with van der Waals surface area (Å²) >= 11 is 1.94. The summed E-state index contributed by atoms with van der Waals surface area (Å²) in [6.07, 6.45) is 0.133. The molecule has 0 aliphatic carbocycles. The molecule has 0 spiro atoms. The van der Waals surface area contributed by atoms with Gasteiger partial charge in [0, 0.05) is 17.4 Å². The lowest BCUT2D eigenvalue weighted by Crippen LogP contribution is -2.15. The first-order chi connectivity index (χ1) is 6.75. The Morgan fingerprint density at radius 3 is 2.86 bits per heavy atom. The van der Waals surface area contributed by atoms with Crippen molar-refractivity contribution >= 4 is 17.7 Å². The van der Waals surface area contributed by atoms with E-state index in [2.05, 4.69) is 6.07 Å². The van der Waals surface area contributed by atoms with Gasteiger partial charge in [-0.15, -0.1) is 0 Å². The Balaban J connectivity index is 2.13. The van der Waals surface area contributed by atoms with Gasteiger partial charge in [-0.1, -0.05) is 24.3 Å². The van der Waals surface area contributed by atoms with Gasteiger partial charge in [0.25, 0.3) is 0 Å². The van der Waals surface area contributed by atoms with E-state index in [0.29, 0.717) is 5.92 Å². The van der Waals surface area contributed by atoms with Crippen LogP contribution in [0.25, 0.3) is 0 Å². The Morgan fingerprint density at radius 2 is 2.29 bits per heavy atom. The van der Waals surface area contributed by atoms with Gasteiger partial charge in [-0.2, -0.15) is 11.8 Å². The monoisotopic (exact) mass is 208 g/mol. The fourth-order valence-corrected chi connectivity index (χ4v) is 2.42. The smallest absolute Gasteiger partial charge is 0.307 e. The van der Waals surface area contributed by atoms with Crippen LogP contribution in [0.5, 0.6) is 0 Å². The van der Waals surface area contributed by atoms with Gasteiger partial charge in [-0.05, 0) is 11.1 Å². The second-order valence-corrected chi connectivity index (χ2v) is 4.62. The highest BCUT2D eigenvalue weighted by atomic mass is 32.2. The molecule has 1 aromatic rings. The molecule has 0 bridgehead atoms. The van der Waals surface area contributed by atoms with Crippen molar-refractivity contribution in [2.75, 3.05) is 11.5 Å². The zero-order chi connectivity index (χ0) is 9.97. The Morgan fingerprint density at radius 1 is 1.50 bits per heavy atom. The molecule has 0 radical (unpaired) electrons. The Kier molecular flexibility index (Phi) is 2.77. The fraction of sp³-hybridized carbons (Fsp3) is 0.364. The minimum Gasteiger partial charge on any atom is -0.481 e. The van der Waals surface area contributed by atoms with E-state index in [4.69, 9.17) is 5.11 Å². The highest BCUT2D eigenvalue weighted by Gasteiger charge is 2.20. The van der Waals surface area contributed by atoms with Crippen molar-refractivity contribution in [2.24, 2.45) is 0 Å². The van der Waals surface area contributed by atoms with Crippen molar-refractivity contribution in [3.63, 3.8) is 0 Å². The molecule has 2 nitrogen and oxygen atoms in total. The molecule has 1 aliphatic heterocycles. The zero-order valence-electron chi connectivity index (χ0n) is 7.77. The van der Waals surface area contributed by atoms with Crippen molar-refractivity contribution in [2.45, 2.75) is 12.3 Å². The normalized spacial score (nSPS) is 16.3. The number of aliphatic carboxylic acids is 1. The summed E-state index contributed by atoms with van der Waals surface area (Å²) in [7, 11) is 0. The molecule has 1 saturated heterocycles. The molecular weight excluding hydrogens is 196 g/mol. The molecule has 74 valence electrons. The number of rotatable bonds is 3. The number of thioether (sulfide) groups is 1. The molecular formula is C11H12O2S. The molecule has 14 heavy (non-hydrogen) atoms. The molecule has 0 amide bonds. The van der Waals surface area contributed by atoms with E-state index in [-0.39, 0.29) is 6.42 Å². The molecule has 1 aliphatic rings. The number of hydrogen-bond acceptors (Lipinski definition) is 2. The Labute approximate surface area is 87.3 Å². The average molecular weight is 208 g/mol. The van der Waals surface area contributed by atoms with Crippen LogP contribution in [0.2, 0.25) is 0 Å². The number of carboxylic acids is 1. The summed E-state index contributed by atoms with van der Waals surface area (Å²) in [6.45, 7) is 0. The van der Waals surface area contributed by atoms with Gasteiger partial charge in [-0.3, -0.25) is 4.79 Å². The van der Waals surface area contributed by atoms with Crippen LogP contribution in [0.15, 0.2) is 24.3 Å². The van der Waals surface area contributed by atoms with E-state index < -0.39 is 5.97 Å². The largest absolute Gasteiger partial charge is 0.481 e. The van der Waals surface area contributed by atoms with E-state index in [9.17, 15) is 4.79 Å². The molecule has 3 heteroatoms. The van der Waals surface area contributed by atoms with Crippen LogP contribution in [-0.2, 0) is 11.2 Å². The van der Waals surface area contributed by atoms with Crippen LogP contribution >= 0.6 is 11.8 Å². The highest BCUT2D eigenvalue weighted by molar-refractivity contribution is 8.00. The molecule has 1 fully saturated rings. The molecule has 2 rings (SSSR count). The van der Waals surface area contributed by atoms with Crippen molar-refractivity contribution in [1.29, 1.82) is 0 Å². The van der Waals surface area contributed by atoms with Crippen molar-refractivity contribution in [3.05, 3.63) is 35.4 Å². The highest BCUT2D eigenvalue weighted by Crippen LogP contribution is 2.34. The first-order valence-corrected chi connectivity index (χ1v) is 5.79.